The number of rotatable bonds is 39. The normalized spacial score (nSPS) is 12.8. The number of nitrogens with zero attached hydrogens (tertiary/aromatic N) is 1. The van der Waals surface area contributed by atoms with E-state index in [1.165, 1.54) is 6.08 Å². The zero-order valence-electron chi connectivity index (χ0n) is 28.9. The summed E-state index contributed by atoms with van der Waals surface area (Å²) in [7, 11) is 0. The maximum absolute atomic E-state index is 11.7. The molecule has 0 fully saturated rings. The van der Waals surface area contributed by atoms with Crippen molar-refractivity contribution in [3.05, 3.63) is 30.2 Å². The second-order valence-electron chi connectivity index (χ2n) is 9.88. The molecule has 0 radical (unpaired) electrons. The first-order valence-corrected chi connectivity index (χ1v) is 16.7. The Kier molecular flexibility index (Phi) is 32.5. The van der Waals surface area contributed by atoms with Crippen molar-refractivity contribution < 1.29 is 71.5 Å². The topological polar surface area (TPSA) is 168 Å². The van der Waals surface area contributed by atoms with E-state index in [9.17, 15) is 9.59 Å². The molecule has 0 unspecified atom stereocenters. The van der Waals surface area contributed by atoms with E-state index in [2.05, 4.69) is 12.3 Å². The van der Waals surface area contributed by atoms with Crippen LogP contribution in [0.4, 0.5) is 0 Å². The molecule has 0 aromatic rings. The Morgan fingerprint density at radius 3 is 1.02 bits per heavy atom. The van der Waals surface area contributed by atoms with Crippen molar-refractivity contribution in [3.8, 4) is 0 Å². The zero-order chi connectivity index (χ0) is 35.3. The van der Waals surface area contributed by atoms with Crippen LogP contribution >= 0.6 is 0 Å². The van der Waals surface area contributed by atoms with E-state index in [0.29, 0.717) is 164 Å². The van der Waals surface area contributed by atoms with Crippen LogP contribution in [0.25, 0.3) is 0 Å². The summed E-state index contributed by atoms with van der Waals surface area (Å²) in [6, 6.07) is 0. The van der Waals surface area contributed by atoms with E-state index in [4.69, 9.17) is 61.9 Å². The molecule has 284 valence electrons. The third kappa shape index (κ3) is 30.3. The van der Waals surface area contributed by atoms with Crippen molar-refractivity contribution in [3.63, 3.8) is 0 Å². The number of allylic oxidation sites excluding steroid dienone is 1. The first-order chi connectivity index (χ1) is 24.1. The molecule has 0 aliphatic carbocycles. The van der Waals surface area contributed by atoms with Crippen molar-refractivity contribution in [1.29, 1.82) is 0 Å². The van der Waals surface area contributed by atoms with E-state index in [0.717, 1.165) is 0 Å². The zero-order valence-corrected chi connectivity index (χ0v) is 28.9. The molecule has 0 bridgehead atoms. The fraction of sp³-hybridized carbons (Fsp3) is 0.788. The highest BCUT2D eigenvalue weighted by molar-refractivity contribution is 5.93. The number of aliphatic carboxylic acids is 1. The van der Waals surface area contributed by atoms with Crippen molar-refractivity contribution in [2.75, 3.05) is 165 Å². The lowest BCUT2D eigenvalue weighted by molar-refractivity contribution is -0.138. The predicted molar refractivity (Wildman–Crippen MR) is 176 cm³/mol. The fourth-order valence-corrected chi connectivity index (χ4v) is 3.67. The van der Waals surface area contributed by atoms with Crippen LogP contribution in [0.5, 0.6) is 0 Å². The molecular formula is C33H57NO15. The van der Waals surface area contributed by atoms with Gasteiger partial charge < -0.3 is 61.9 Å². The molecular weight excluding hydrogens is 650 g/mol. The van der Waals surface area contributed by atoms with Gasteiger partial charge in [0.05, 0.1) is 177 Å². The summed E-state index contributed by atoms with van der Waals surface area (Å²) >= 11 is 0. The van der Waals surface area contributed by atoms with Gasteiger partial charge in [-0.1, -0.05) is 6.58 Å². The van der Waals surface area contributed by atoms with Crippen molar-refractivity contribution >= 4 is 11.9 Å². The van der Waals surface area contributed by atoms with Gasteiger partial charge in [-0.05, 0) is 6.08 Å². The van der Waals surface area contributed by atoms with E-state index < -0.39 is 5.97 Å². The van der Waals surface area contributed by atoms with Gasteiger partial charge in [0.15, 0.2) is 0 Å². The number of amides is 1. The third-order valence-electron chi connectivity index (χ3n) is 6.13. The van der Waals surface area contributed by atoms with Crippen LogP contribution in [-0.4, -0.2) is 187 Å². The molecule has 1 heterocycles. The first-order valence-electron chi connectivity index (χ1n) is 16.7. The molecule has 0 saturated carbocycles. The maximum Gasteiger partial charge on any atom is 0.305 e. The summed E-state index contributed by atoms with van der Waals surface area (Å²) < 4.78 is 65.0. The van der Waals surface area contributed by atoms with Crippen LogP contribution in [-0.2, 0) is 66.4 Å². The van der Waals surface area contributed by atoms with Gasteiger partial charge in [-0.3, -0.25) is 14.5 Å². The third-order valence-corrected chi connectivity index (χ3v) is 6.13. The minimum Gasteiger partial charge on any atom is -0.481 e. The van der Waals surface area contributed by atoms with Gasteiger partial charge >= 0.3 is 5.97 Å². The highest BCUT2D eigenvalue weighted by Gasteiger charge is 2.19. The molecule has 0 spiro atoms. The van der Waals surface area contributed by atoms with Gasteiger partial charge in [0.1, 0.15) is 0 Å². The number of carbonyl (C=O) groups excluding carboxylic acids is 1. The standard InChI is InChI=1S/C33H57NO15/c1-2-31-3-4-32(35)34(31)6-8-39-10-12-41-14-16-43-18-20-45-22-24-47-26-28-49-30-29-48-27-25-46-23-21-44-19-17-42-15-13-40-11-9-38-7-5-33(36)37/h3-4H,1,5-30H2,(H,36,37). The smallest absolute Gasteiger partial charge is 0.305 e. The molecule has 1 aliphatic heterocycles. The molecule has 49 heavy (non-hydrogen) atoms. The largest absolute Gasteiger partial charge is 0.481 e. The Hall–Kier alpha value is -2.28. The first kappa shape index (κ1) is 44.7. The average molecular weight is 708 g/mol. The van der Waals surface area contributed by atoms with E-state index >= 15 is 0 Å². The predicted octanol–water partition coefficient (Wildman–Crippen LogP) is 0.728. The lowest BCUT2D eigenvalue weighted by atomic mass is 10.4. The lowest BCUT2D eigenvalue weighted by Gasteiger charge is -2.16. The fourth-order valence-electron chi connectivity index (χ4n) is 3.67. The van der Waals surface area contributed by atoms with Crippen LogP contribution in [0.2, 0.25) is 0 Å². The molecule has 0 aromatic carbocycles. The number of carboxylic acids is 1. The molecule has 1 aliphatic rings. The maximum atomic E-state index is 11.7. The second kappa shape index (κ2) is 35.5. The SMILES string of the molecule is C=C=C1C=CC(=O)N1CCOCCOCCOCCOCCOCCOCCOCCOCCOCCOCCOCCOCCC(=O)O. The van der Waals surface area contributed by atoms with Crippen LogP contribution in [0, 0.1) is 0 Å². The van der Waals surface area contributed by atoms with E-state index in [1.807, 2.05) is 0 Å². The van der Waals surface area contributed by atoms with Crippen molar-refractivity contribution in [2.24, 2.45) is 0 Å². The molecule has 0 saturated heterocycles. The van der Waals surface area contributed by atoms with Gasteiger partial charge in [0.2, 0.25) is 0 Å². The summed E-state index contributed by atoms with van der Waals surface area (Å²) in [5.74, 6) is -0.961. The summed E-state index contributed by atoms with van der Waals surface area (Å²) in [6.07, 6.45) is 3.17. The summed E-state index contributed by atoms with van der Waals surface area (Å²) in [5, 5.41) is 8.49. The van der Waals surface area contributed by atoms with Gasteiger partial charge in [-0.25, -0.2) is 0 Å². The van der Waals surface area contributed by atoms with E-state index in [-0.39, 0.29) is 18.9 Å². The molecule has 0 aromatic heterocycles. The summed E-state index contributed by atoms with van der Waals surface area (Å²) in [6.45, 7) is 14.8. The summed E-state index contributed by atoms with van der Waals surface area (Å²) in [5.41, 5.74) is 3.39. The van der Waals surface area contributed by atoms with Crippen LogP contribution in [0.1, 0.15) is 6.42 Å². The average Bonchev–Trinajstić information content (AvgIpc) is 3.46. The molecule has 16 nitrogen and oxygen atoms in total. The lowest BCUT2D eigenvalue weighted by Crippen LogP contribution is -2.28. The van der Waals surface area contributed by atoms with Crippen molar-refractivity contribution in [1.82, 2.24) is 4.90 Å². The molecule has 1 amide bonds. The van der Waals surface area contributed by atoms with Gasteiger partial charge in [-0.2, -0.15) is 0 Å². The minimum absolute atomic E-state index is 0.00640. The minimum atomic E-state index is -0.878. The number of hydrogen-bond donors (Lipinski definition) is 1. The molecule has 0 atom stereocenters. The van der Waals surface area contributed by atoms with E-state index in [1.54, 1.807) is 11.0 Å². The van der Waals surface area contributed by atoms with Gasteiger partial charge in [0.25, 0.3) is 5.91 Å². The number of ether oxygens (including phenoxy) is 12. The van der Waals surface area contributed by atoms with Crippen LogP contribution in [0.3, 0.4) is 0 Å². The summed E-state index contributed by atoms with van der Waals surface area (Å²) in [4.78, 5) is 23.6. The molecule has 16 heteroatoms. The number of carbonyl (C=O) groups is 2. The Balaban J connectivity index is 1.63. The monoisotopic (exact) mass is 707 g/mol. The van der Waals surface area contributed by atoms with Crippen LogP contribution in [0.15, 0.2) is 30.2 Å². The molecule has 1 N–H and O–H groups in total. The van der Waals surface area contributed by atoms with Gasteiger partial charge in [0, 0.05) is 6.08 Å². The number of carboxylic acid groups (broad SMARTS) is 1. The van der Waals surface area contributed by atoms with Gasteiger partial charge in [-0.15, -0.1) is 5.73 Å². The Labute approximate surface area is 290 Å². The number of hydrogen-bond acceptors (Lipinski definition) is 14. The molecule has 1 rings (SSSR count). The Morgan fingerprint density at radius 1 is 0.490 bits per heavy atom. The second-order valence-corrected chi connectivity index (χ2v) is 9.88. The Bertz CT molecular complexity index is 869. The Morgan fingerprint density at radius 2 is 0.755 bits per heavy atom. The highest BCUT2D eigenvalue weighted by Crippen LogP contribution is 2.12. The van der Waals surface area contributed by atoms with Crippen molar-refractivity contribution in [2.45, 2.75) is 6.42 Å². The highest BCUT2D eigenvalue weighted by atomic mass is 16.6. The quantitative estimate of drug-likeness (QED) is 0.0701. The van der Waals surface area contributed by atoms with Crippen LogP contribution < -0.4 is 0 Å².